The number of piperazine rings is 1. The average Bonchev–Trinajstić information content (AvgIpc) is 3.48. The smallest absolute Gasteiger partial charge is 0.354 e. The van der Waals surface area contributed by atoms with Crippen molar-refractivity contribution in [2.75, 3.05) is 39.3 Å². The molecular weight excluding hydrogens is 446 g/mol. The maximum Gasteiger partial charge on any atom is 0.354 e. The van der Waals surface area contributed by atoms with Crippen LogP contribution in [0.15, 0.2) is 28.8 Å². The standard InChI is InChI=1S/C19H20ClN5O5S/c20-17-2-1-16(31-17)15-9-12(22-30-15)11-25-14(19(28)29)10-13(21-25)18(27)24-5-3-23(4-6-24)7-8-26/h1-2,9-10,26H,3-8,11H2,(H,28,29). The Bertz CT molecular complexity index is 1090. The van der Waals surface area contributed by atoms with Crippen LogP contribution in [0.5, 0.6) is 0 Å². The van der Waals surface area contributed by atoms with Crippen molar-refractivity contribution < 1.29 is 24.3 Å². The largest absolute Gasteiger partial charge is 0.477 e. The summed E-state index contributed by atoms with van der Waals surface area (Å²) in [5.74, 6) is -0.986. The number of carboxylic acids is 1. The van der Waals surface area contributed by atoms with Gasteiger partial charge in [-0.05, 0) is 12.1 Å². The summed E-state index contributed by atoms with van der Waals surface area (Å²) in [5.41, 5.74) is 0.439. The third-order valence-corrected chi connectivity index (χ3v) is 6.23. The number of thiophene rings is 1. The van der Waals surface area contributed by atoms with E-state index >= 15 is 0 Å². The number of hydrogen-bond acceptors (Lipinski definition) is 8. The van der Waals surface area contributed by atoms with Gasteiger partial charge < -0.3 is 19.6 Å². The van der Waals surface area contributed by atoms with Crippen molar-refractivity contribution in [1.82, 2.24) is 24.7 Å². The molecule has 31 heavy (non-hydrogen) atoms. The Morgan fingerprint density at radius 1 is 1.19 bits per heavy atom. The molecule has 1 amide bonds. The van der Waals surface area contributed by atoms with E-state index in [0.717, 1.165) is 4.88 Å². The van der Waals surface area contributed by atoms with Gasteiger partial charge in [-0.1, -0.05) is 16.8 Å². The van der Waals surface area contributed by atoms with E-state index in [1.165, 1.54) is 22.1 Å². The molecule has 0 spiro atoms. The maximum atomic E-state index is 12.8. The van der Waals surface area contributed by atoms with E-state index in [1.807, 2.05) is 6.07 Å². The van der Waals surface area contributed by atoms with Crippen LogP contribution in [-0.4, -0.2) is 86.2 Å². The topological polar surface area (TPSA) is 125 Å². The summed E-state index contributed by atoms with van der Waals surface area (Å²) in [6.45, 7) is 2.96. The molecule has 3 aromatic heterocycles. The Labute approximate surface area is 186 Å². The molecule has 1 aliphatic heterocycles. The van der Waals surface area contributed by atoms with Crippen molar-refractivity contribution in [2.45, 2.75) is 6.54 Å². The van der Waals surface area contributed by atoms with Crippen LogP contribution < -0.4 is 0 Å². The van der Waals surface area contributed by atoms with Gasteiger partial charge in [0, 0.05) is 44.9 Å². The number of β-amino-alcohol motifs (C(OH)–C–C–N with tert-alkyl or cyclic N) is 1. The van der Waals surface area contributed by atoms with Crippen molar-refractivity contribution in [3.05, 3.63) is 45.7 Å². The molecule has 1 saturated heterocycles. The first-order chi connectivity index (χ1) is 14.9. The van der Waals surface area contributed by atoms with E-state index in [1.54, 1.807) is 17.0 Å². The molecular formula is C19H20ClN5O5S. The number of hydrogen-bond donors (Lipinski definition) is 2. The molecule has 4 rings (SSSR count). The highest BCUT2D eigenvalue weighted by molar-refractivity contribution is 7.19. The molecule has 0 radical (unpaired) electrons. The molecule has 4 heterocycles. The molecule has 0 saturated carbocycles. The fourth-order valence-corrected chi connectivity index (χ4v) is 4.39. The quantitative estimate of drug-likeness (QED) is 0.540. The van der Waals surface area contributed by atoms with Crippen LogP contribution in [0.1, 0.15) is 26.7 Å². The van der Waals surface area contributed by atoms with E-state index in [4.69, 9.17) is 21.2 Å². The summed E-state index contributed by atoms with van der Waals surface area (Å²) >= 11 is 7.29. The Morgan fingerprint density at radius 3 is 2.61 bits per heavy atom. The highest BCUT2D eigenvalue weighted by atomic mass is 35.5. The van der Waals surface area contributed by atoms with Crippen LogP contribution >= 0.6 is 22.9 Å². The zero-order chi connectivity index (χ0) is 22.0. The third kappa shape index (κ3) is 4.79. The molecule has 1 fully saturated rings. The highest BCUT2D eigenvalue weighted by Gasteiger charge is 2.26. The lowest BCUT2D eigenvalue weighted by molar-refractivity contribution is 0.0607. The van der Waals surface area contributed by atoms with E-state index in [0.29, 0.717) is 48.5 Å². The lowest BCUT2D eigenvalue weighted by atomic mass is 10.2. The highest BCUT2D eigenvalue weighted by Crippen LogP contribution is 2.31. The molecule has 3 aromatic rings. The van der Waals surface area contributed by atoms with Gasteiger partial charge in [0.1, 0.15) is 11.4 Å². The predicted molar refractivity (Wildman–Crippen MR) is 113 cm³/mol. The third-order valence-electron chi connectivity index (χ3n) is 4.98. The molecule has 0 aromatic carbocycles. The van der Waals surface area contributed by atoms with Crippen molar-refractivity contribution >= 4 is 34.8 Å². The molecule has 0 unspecified atom stereocenters. The zero-order valence-corrected chi connectivity index (χ0v) is 18.0. The number of rotatable bonds is 7. The van der Waals surface area contributed by atoms with Gasteiger partial charge in [0.25, 0.3) is 5.91 Å². The number of carboxylic acid groups (broad SMARTS) is 1. The van der Waals surface area contributed by atoms with E-state index in [9.17, 15) is 14.7 Å². The summed E-state index contributed by atoms with van der Waals surface area (Å²) in [4.78, 5) is 29.0. The van der Waals surface area contributed by atoms with Crippen LogP contribution in [0.25, 0.3) is 10.6 Å². The number of carbonyl (C=O) groups is 2. The SMILES string of the molecule is O=C(O)c1cc(C(=O)N2CCN(CCO)CC2)nn1Cc1cc(-c2ccc(Cl)s2)on1. The average molecular weight is 466 g/mol. The number of aromatic nitrogens is 3. The fraction of sp³-hybridized carbons (Fsp3) is 0.368. The molecule has 10 nitrogen and oxygen atoms in total. The second-order valence-electron chi connectivity index (χ2n) is 7.02. The summed E-state index contributed by atoms with van der Waals surface area (Å²) in [6, 6.07) is 6.54. The fourth-order valence-electron chi connectivity index (χ4n) is 3.39. The second-order valence-corrected chi connectivity index (χ2v) is 8.74. The van der Waals surface area contributed by atoms with Crippen molar-refractivity contribution in [1.29, 1.82) is 0 Å². The van der Waals surface area contributed by atoms with E-state index < -0.39 is 5.97 Å². The molecule has 0 aliphatic carbocycles. The first-order valence-electron chi connectivity index (χ1n) is 9.59. The Morgan fingerprint density at radius 2 is 1.97 bits per heavy atom. The Kier molecular flexibility index (Phi) is 6.37. The minimum Gasteiger partial charge on any atom is -0.477 e. The van der Waals surface area contributed by atoms with Gasteiger partial charge in [0.15, 0.2) is 11.5 Å². The monoisotopic (exact) mass is 465 g/mol. The van der Waals surface area contributed by atoms with Crippen LogP contribution in [0.3, 0.4) is 0 Å². The minimum absolute atomic E-state index is 0.0435. The van der Waals surface area contributed by atoms with Crippen LogP contribution in [0, 0.1) is 0 Å². The van der Waals surface area contributed by atoms with Gasteiger partial charge in [-0.3, -0.25) is 14.4 Å². The number of amides is 1. The lowest BCUT2D eigenvalue weighted by Crippen LogP contribution is -2.49. The molecule has 2 N–H and O–H groups in total. The summed E-state index contributed by atoms with van der Waals surface area (Å²) in [6.07, 6.45) is 0. The number of aliphatic hydroxyl groups excluding tert-OH is 1. The van der Waals surface area contributed by atoms with Gasteiger partial charge in [0.2, 0.25) is 0 Å². The summed E-state index contributed by atoms with van der Waals surface area (Å²) in [7, 11) is 0. The van der Waals surface area contributed by atoms with Gasteiger partial charge >= 0.3 is 5.97 Å². The second kappa shape index (κ2) is 9.18. The van der Waals surface area contributed by atoms with Crippen molar-refractivity contribution in [3.63, 3.8) is 0 Å². The normalized spacial score (nSPS) is 14.8. The Hall–Kier alpha value is -2.73. The van der Waals surface area contributed by atoms with Crippen LogP contribution in [0.4, 0.5) is 0 Å². The first-order valence-corrected chi connectivity index (χ1v) is 10.8. The summed E-state index contributed by atoms with van der Waals surface area (Å²) in [5, 5.41) is 26.8. The molecule has 12 heteroatoms. The molecule has 164 valence electrons. The van der Waals surface area contributed by atoms with E-state index in [-0.39, 0.29) is 30.4 Å². The van der Waals surface area contributed by atoms with Crippen molar-refractivity contribution in [3.8, 4) is 10.6 Å². The van der Waals surface area contributed by atoms with E-state index in [2.05, 4.69) is 15.2 Å². The zero-order valence-electron chi connectivity index (χ0n) is 16.4. The maximum absolute atomic E-state index is 12.8. The number of halogens is 1. The van der Waals surface area contributed by atoms with Gasteiger partial charge in [-0.15, -0.1) is 11.3 Å². The number of aliphatic hydroxyl groups is 1. The number of nitrogens with zero attached hydrogens (tertiary/aromatic N) is 5. The molecule has 1 aliphatic rings. The lowest BCUT2D eigenvalue weighted by Gasteiger charge is -2.33. The van der Waals surface area contributed by atoms with Crippen LogP contribution in [-0.2, 0) is 6.54 Å². The predicted octanol–water partition coefficient (Wildman–Crippen LogP) is 1.75. The molecule has 0 atom stereocenters. The first kappa shape index (κ1) is 21.5. The summed E-state index contributed by atoms with van der Waals surface area (Å²) < 4.78 is 7.19. The van der Waals surface area contributed by atoms with Gasteiger partial charge in [-0.2, -0.15) is 5.10 Å². The molecule has 0 bridgehead atoms. The number of aromatic carboxylic acids is 1. The van der Waals surface area contributed by atoms with Crippen molar-refractivity contribution in [2.24, 2.45) is 0 Å². The Balaban J connectivity index is 1.50. The number of carbonyl (C=O) groups excluding carboxylic acids is 1. The van der Waals surface area contributed by atoms with Gasteiger partial charge in [-0.25, -0.2) is 4.79 Å². The van der Waals surface area contributed by atoms with Gasteiger partial charge in [0.05, 0.1) is 22.4 Å². The van der Waals surface area contributed by atoms with Crippen LogP contribution in [0.2, 0.25) is 4.34 Å². The minimum atomic E-state index is -1.19.